The smallest absolute Gasteiger partial charge is 0.224 e. The van der Waals surface area contributed by atoms with Crippen LogP contribution in [0, 0.1) is 0 Å². The van der Waals surface area contributed by atoms with Crippen LogP contribution in [-0.2, 0) is 14.2 Å². The molecule has 4 heterocycles. The van der Waals surface area contributed by atoms with Crippen molar-refractivity contribution in [3.8, 4) is 0 Å². The van der Waals surface area contributed by atoms with Crippen molar-refractivity contribution in [3.05, 3.63) is 78.1 Å². The van der Waals surface area contributed by atoms with E-state index in [0.29, 0.717) is 23.5 Å². The van der Waals surface area contributed by atoms with Crippen LogP contribution in [0.3, 0.4) is 0 Å². The third-order valence-electron chi connectivity index (χ3n) is 6.90. The molecule has 2 aromatic heterocycles. The lowest BCUT2D eigenvalue weighted by Crippen LogP contribution is -2.31. The summed E-state index contributed by atoms with van der Waals surface area (Å²) in [7, 11) is 0. The molecule has 2 fully saturated rings. The minimum Gasteiger partial charge on any atom is -0.394 e. The molecule has 0 unspecified atom stereocenters. The molecule has 0 amide bonds. The zero-order chi connectivity index (χ0) is 25.6. The maximum Gasteiger partial charge on any atom is 0.224 e. The molecule has 0 saturated carbocycles. The van der Waals surface area contributed by atoms with Gasteiger partial charge >= 0.3 is 0 Å². The summed E-state index contributed by atoms with van der Waals surface area (Å²) in [4.78, 5) is 13.5. The van der Waals surface area contributed by atoms with E-state index in [2.05, 4.69) is 44.5 Å². The highest BCUT2D eigenvalue weighted by molar-refractivity contribution is 5.84. The molecule has 10 nitrogen and oxygen atoms in total. The summed E-state index contributed by atoms with van der Waals surface area (Å²) < 4.78 is 20.0. The van der Waals surface area contributed by atoms with E-state index in [0.717, 1.165) is 0 Å². The first-order valence-electron chi connectivity index (χ1n) is 12.4. The molecule has 2 aliphatic rings. The number of aromatic nitrogens is 4. The van der Waals surface area contributed by atoms with Crippen LogP contribution in [0.15, 0.2) is 67.0 Å². The fraction of sp³-hybridized carbons (Fsp3) is 0.370. The van der Waals surface area contributed by atoms with E-state index in [1.807, 2.05) is 50.2 Å². The fourth-order valence-electron chi connectivity index (χ4n) is 5.27. The van der Waals surface area contributed by atoms with Gasteiger partial charge in [0.2, 0.25) is 5.95 Å². The van der Waals surface area contributed by atoms with Gasteiger partial charge in [-0.15, -0.1) is 0 Å². The standard InChI is InChI=1S/C27H30N6O4/c1-27(2)36-21-19(14-34)35-25(22(21)37-27)33-15-30-20-23(31-26(28)32-24(20)33)29-13-18(16-9-5-3-6-10-16)17-11-7-4-8-12-17/h3-12,15,18-19,21-22,25,34H,13-14H2,1-2H3,(H3,28,29,31,32)/t19-,21-,22-,25-/m1/s1. The summed E-state index contributed by atoms with van der Waals surface area (Å²) >= 11 is 0. The highest BCUT2D eigenvalue weighted by Crippen LogP contribution is 2.43. The average molecular weight is 503 g/mol. The van der Waals surface area contributed by atoms with Gasteiger partial charge in [-0.2, -0.15) is 9.97 Å². The Kier molecular flexibility index (Phi) is 6.04. The zero-order valence-electron chi connectivity index (χ0n) is 20.7. The van der Waals surface area contributed by atoms with Crippen LogP contribution in [0.5, 0.6) is 0 Å². The number of nitrogens with zero attached hydrogens (tertiary/aromatic N) is 4. The van der Waals surface area contributed by atoms with Crippen LogP contribution in [0.25, 0.3) is 11.2 Å². The van der Waals surface area contributed by atoms with Crippen LogP contribution >= 0.6 is 0 Å². The fourth-order valence-corrected chi connectivity index (χ4v) is 5.27. The number of fused-ring (bicyclic) bond motifs is 2. The van der Waals surface area contributed by atoms with Crippen LogP contribution in [-0.4, -0.2) is 61.9 Å². The summed E-state index contributed by atoms with van der Waals surface area (Å²) in [6.45, 7) is 4.09. The van der Waals surface area contributed by atoms with Gasteiger partial charge in [0.05, 0.1) is 12.9 Å². The molecule has 2 aliphatic heterocycles. The Balaban J connectivity index is 1.32. The average Bonchev–Trinajstić information content (AvgIpc) is 3.55. The highest BCUT2D eigenvalue weighted by Gasteiger charge is 2.56. The summed E-state index contributed by atoms with van der Waals surface area (Å²) in [6.07, 6.45) is -0.304. The number of imidazole rings is 1. The number of aliphatic hydroxyl groups is 1. The van der Waals surface area contributed by atoms with Crippen molar-refractivity contribution in [1.82, 2.24) is 19.5 Å². The predicted octanol–water partition coefficient (Wildman–Crippen LogP) is 3.06. The largest absolute Gasteiger partial charge is 0.394 e. The maximum absolute atomic E-state index is 9.87. The summed E-state index contributed by atoms with van der Waals surface area (Å²) in [6, 6.07) is 20.7. The Morgan fingerprint density at radius 2 is 1.65 bits per heavy atom. The van der Waals surface area contributed by atoms with Gasteiger partial charge in [-0.1, -0.05) is 60.7 Å². The monoisotopic (exact) mass is 502 g/mol. The lowest BCUT2D eigenvalue weighted by Gasteiger charge is -2.24. The number of rotatable bonds is 7. The van der Waals surface area contributed by atoms with Gasteiger partial charge < -0.3 is 30.4 Å². The first-order valence-corrected chi connectivity index (χ1v) is 12.4. The van der Waals surface area contributed by atoms with Gasteiger partial charge in [-0.05, 0) is 25.0 Å². The third-order valence-corrected chi connectivity index (χ3v) is 6.90. The highest BCUT2D eigenvalue weighted by atomic mass is 16.8. The van der Waals surface area contributed by atoms with Gasteiger partial charge in [-0.25, -0.2) is 4.98 Å². The first-order chi connectivity index (χ1) is 17.9. The van der Waals surface area contributed by atoms with Crippen LogP contribution in [0.4, 0.5) is 11.8 Å². The number of aliphatic hydroxyl groups excluding tert-OH is 1. The number of anilines is 2. The number of nitrogen functional groups attached to an aromatic ring is 1. The number of nitrogens with two attached hydrogens (primary N) is 1. The Bertz CT molecular complexity index is 1340. The lowest BCUT2D eigenvalue weighted by molar-refractivity contribution is -0.199. The molecule has 6 rings (SSSR count). The molecule has 0 aliphatic carbocycles. The van der Waals surface area contributed by atoms with Crippen molar-refractivity contribution in [3.63, 3.8) is 0 Å². The quantitative estimate of drug-likeness (QED) is 0.349. The molecule has 2 saturated heterocycles. The Hall–Kier alpha value is -3.57. The summed E-state index contributed by atoms with van der Waals surface area (Å²) in [5, 5.41) is 13.3. The van der Waals surface area contributed by atoms with Crippen molar-refractivity contribution in [2.75, 3.05) is 24.2 Å². The van der Waals surface area contributed by atoms with E-state index < -0.39 is 30.3 Å². The molecule has 2 aromatic carbocycles. The van der Waals surface area contributed by atoms with Crippen molar-refractivity contribution in [2.45, 2.75) is 50.1 Å². The van der Waals surface area contributed by atoms with E-state index in [1.165, 1.54) is 11.1 Å². The van der Waals surface area contributed by atoms with Crippen molar-refractivity contribution < 1.29 is 19.3 Å². The number of nitrogens with one attached hydrogen (secondary N) is 1. The number of hydrogen-bond donors (Lipinski definition) is 3. The van der Waals surface area contributed by atoms with Crippen molar-refractivity contribution >= 4 is 22.9 Å². The molecule has 37 heavy (non-hydrogen) atoms. The molecule has 0 bridgehead atoms. The molecule has 4 atom stereocenters. The SMILES string of the molecule is CC1(C)O[C@@H]2[C@H](O1)[C@@H](CO)O[C@H]2n1cnc2c(NCC(c3ccccc3)c3ccccc3)nc(N)nc21. The van der Waals surface area contributed by atoms with Gasteiger partial charge in [-0.3, -0.25) is 4.57 Å². The minimum absolute atomic E-state index is 0.0891. The Labute approximate surface area is 214 Å². The minimum atomic E-state index is -0.786. The number of hydrogen-bond acceptors (Lipinski definition) is 9. The van der Waals surface area contributed by atoms with Gasteiger partial charge in [0.15, 0.2) is 29.0 Å². The van der Waals surface area contributed by atoms with Crippen molar-refractivity contribution in [2.24, 2.45) is 0 Å². The Morgan fingerprint density at radius 1 is 1.00 bits per heavy atom. The second kappa shape index (κ2) is 9.38. The molecule has 0 radical (unpaired) electrons. The summed E-state index contributed by atoms with van der Waals surface area (Å²) in [5.41, 5.74) is 9.60. The third kappa shape index (κ3) is 4.42. The predicted molar refractivity (Wildman–Crippen MR) is 138 cm³/mol. The molecule has 10 heteroatoms. The molecule has 192 valence electrons. The van der Waals surface area contributed by atoms with E-state index in [4.69, 9.17) is 19.9 Å². The van der Waals surface area contributed by atoms with Gasteiger partial charge in [0.1, 0.15) is 18.3 Å². The first kappa shape index (κ1) is 23.8. The summed E-state index contributed by atoms with van der Waals surface area (Å²) in [5.74, 6) is -0.0439. The van der Waals surface area contributed by atoms with Gasteiger partial charge in [0.25, 0.3) is 0 Å². The van der Waals surface area contributed by atoms with E-state index in [9.17, 15) is 5.11 Å². The van der Waals surface area contributed by atoms with Crippen LogP contribution < -0.4 is 11.1 Å². The van der Waals surface area contributed by atoms with Gasteiger partial charge in [0, 0.05) is 12.5 Å². The van der Waals surface area contributed by atoms with E-state index in [-0.39, 0.29) is 18.5 Å². The molecular weight excluding hydrogens is 472 g/mol. The number of benzene rings is 2. The normalized spacial score (nSPS) is 24.5. The van der Waals surface area contributed by atoms with Crippen LogP contribution in [0.2, 0.25) is 0 Å². The number of ether oxygens (including phenoxy) is 3. The zero-order valence-corrected chi connectivity index (χ0v) is 20.7. The Morgan fingerprint density at radius 3 is 2.30 bits per heavy atom. The lowest BCUT2D eigenvalue weighted by atomic mass is 9.91. The molecule has 4 aromatic rings. The topological polar surface area (TPSA) is 130 Å². The van der Waals surface area contributed by atoms with E-state index in [1.54, 1.807) is 10.9 Å². The van der Waals surface area contributed by atoms with Crippen molar-refractivity contribution in [1.29, 1.82) is 0 Å². The molecule has 0 spiro atoms. The molecular formula is C27H30N6O4. The molecule has 4 N–H and O–H groups in total. The van der Waals surface area contributed by atoms with Crippen LogP contribution in [0.1, 0.15) is 37.1 Å². The van der Waals surface area contributed by atoms with E-state index >= 15 is 0 Å². The second-order valence-corrected chi connectivity index (χ2v) is 9.82. The second-order valence-electron chi connectivity index (χ2n) is 9.82. The maximum atomic E-state index is 9.87.